The van der Waals surface area contributed by atoms with Gasteiger partial charge in [-0.2, -0.15) is 0 Å². The van der Waals surface area contributed by atoms with Crippen molar-refractivity contribution in [3.63, 3.8) is 0 Å². The summed E-state index contributed by atoms with van der Waals surface area (Å²) in [5.74, 6) is 0.808. The van der Waals surface area contributed by atoms with E-state index in [0.717, 1.165) is 12.5 Å². The molecule has 0 aromatic rings. The molecule has 114 valence electrons. The minimum Gasteiger partial charge on any atom is -0.373 e. The molecule has 19 heavy (non-hydrogen) atoms. The Morgan fingerprint density at radius 3 is 1.63 bits per heavy atom. The third-order valence-electron chi connectivity index (χ3n) is 4.51. The molecule has 0 bridgehead atoms. The molecule has 1 aliphatic rings. The molecule has 0 aromatic heterocycles. The monoisotopic (exact) mass is 268 g/mol. The predicted octanol–water partition coefficient (Wildman–Crippen LogP) is 6.11. The Kier molecular flexibility index (Phi) is 10.5. The number of rotatable bonds is 14. The molecule has 1 heterocycles. The highest BCUT2D eigenvalue weighted by molar-refractivity contribution is 4.75. The smallest absolute Gasteiger partial charge is 0.0835 e. The fourth-order valence-corrected chi connectivity index (χ4v) is 2.88. The zero-order valence-electron chi connectivity index (χ0n) is 13.5. The Bertz CT molecular complexity index is 186. The van der Waals surface area contributed by atoms with Crippen molar-refractivity contribution in [1.82, 2.24) is 0 Å². The highest BCUT2D eigenvalue weighted by Gasteiger charge is 2.28. The van der Waals surface area contributed by atoms with E-state index >= 15 is 0 Å². The van der Waals surface area contributed by atoms with Crippen LogP contribution in [0.5, 0.6) is 0 Å². The van der Waals surface area contributed by atoms with E-state index in [1.54, 1.807) is 0 Å². The average molecular weight is 268 g/mol. The van der Waals surface area contributed by atoms with Crippen LogP contribution in [0.3, 0.4) is 0 Å². The van der Waals surface area contributed by atoms with Crippen molar-refractivity contribution in [2.75, 3.05) is 6.61 Å². The number of hydrogen-bond donors (Lipinski definition) is 0. The zero-order chi connectivity index (χ0) is 13.8. The molecule has 1 rings (SSSR count). The number of hydrogen-bond acceptors (Lipinski definition) is 1. The van der Waals surface area contributed by atoms with Crippen LogP contribution in [0.2, 0.25) is 0 Å². The molecule has 1 aliphatic heterocycles. The van der Waals surface area contributed by atoms with Gasteiger partial charge in [-0.15, -0.1) is 0 Å². The summed E-state index contributed by atoms with van der Waals surface area (Å²) in [6.45, 7) is 5.66. The molecular weight excluding hydrogens is 232 g/mol. The molecule has 1 fully saturated rings. The first-order valence-corrected chi connectivity index (χ1v) is 8.96. The number of epoxide rings is 1. The van der Waals surface area contributed by atoms with Crippen LogP contribution < -0.4 is 0 Å². The number of ether oxygens (including phenoxy) is 1. The van der Waals surface area contributed by atoms with Crippen molar-refractivity contribution in [3.8, 4) is 0 Å². The van der Waals surface area contributed by atoms with E-state index < -0.39 is 0 Å². The third kappa shape index (κ3) is 10.4. The van der Waals surface area contributed by atoms with E-state index in [9.17, 15) is 0 Å². The lowest BCUT2D eigenvalue weighted by molar-refractivity contribution is 0.324. The molecule has 0 radical (unpaired) electrons. The van der Waals surface area contributed by atoms with Crippen LogP contribution in [-0.4, -0.2) is 12.7 Å². The van der Waals surface area contributed by atoms with Gasteiger partial charge in [0.05, 0.1) is 12.7 Å². The minimum atomic E-state index is 0.618. The van der Waals surface area contributed by atoms with Gasteiger partial charge in [-0.3, -0.25) is 0 Å². The molecular formula is C18H36O. The van der Waals surface area contributed by atoms with Crippen LogP contribution in [0.4, 0.5) is 0 Å². The first kappa shape index (κ1) is 17.0. The van der Waals surface area contributed by atoms with Gasteiger partial charge in [0, 0.05) is 0 Å². The van der Waals surface area contributed by atoms with E-state index in [-0.39, 0.29) is 0 Å². The van der Waals surface area contributed by atoms with Crippen LogP contribution in [0.1, 0.15) is 97.3 Å². The second-order valence-corrected chi connectivity index (χ2v) is 6.53. The van der Waals surface area contributed by atoms with Crippen LogP contribution in [0, 0.1) is 5.92 Å². The topological polar surface area (TPSA) is 12.5 Å². The average Bonchev–Trinajstić information content (AvgIpc) is 3.24. The quantitative estimate of drug-likeness (QED) is 0.273. The molecule has 2 atom stereocenters. The molecule has 0 spiro atoms. The van der Waals surface area contributed by atoms with Crippen molar-refractivity contribution in [2.45, 2.75) is 103 Å². The first-order chi connectivity index (χ1) is 9.34. The second kappa shape index (κ2) is 11.8. The largest absolute Gasteiger partial charge is 0.373 e. The SMILES string of the molecule is CCCCCCCCCCCCCCC(C)C1CO1. The normalized spacial score (nSPS) is 19.6. The summed E-state index contributed by atoms with van der Waals surface area (Å²) < 4.78 is 5.33. The van der Waals surface area contributed by atoms with Crippen molar-refractivity contribution >= 4 is 0 Å². The maximum absolute atomic E-state index is 5.33. The summed E-state index contributed by atoms with van der Waals surface area (Å²) in [6.07, 6.45) is 19.4. The van der Waals surface area contributed by atoms with E-state index in [1.165, 1.54) is 83.5 Å². The highest BCUT2D eigenvalue weighted by atomic mass is 16.6. The van der Waals surface area contributed by atoms with Crippen LogP contribution in [0.25, 0.3) is 0 Å². The Hall–Kier alpha value is -0.0400. The molecule has 1 nitrogen and oxygen atoms in total. The standard InChI is InChI=1S/C18H36O/c1-3-4-5-6-7-8-9-10-11-12-13-14-15-17(2)18-16-19-18/h17-18H,3-16H2,1-2H3. The fraction of sp³-hybridized carbons (Fsp3) is 1.00. The van der Waals surface area contributed by atoms with Crippen molar-refractivity contribution in [3.05, 3.63) is 0 Å². The summed E-state index contributed by atoms with van der Waals surface area (Å²) >= 11 is 0. The molecule has 0 aliphatic carbocycles. The van der Waals surface area contributed by atoms with Gasteiger partial charge in [-0.1, -0.05) is 90.9 Å². The second-order valence-electron chi connectivity index (χ2n) is 6.53. The van der Waals surface area contributed by atoms with Gasteiger partial charge >= 0.3 is 0 Å². The van der Waals surface area contributed by atoms with Crippen molar-refractivity contribution in [1.29, 1.82) is 0 Å². The molecule has 1 saturated heterocycles. The van der Waals surface area contributed by atoms with Gasteiger partial charge < -0.3 is 4.74 Å². The lowest BCUT2D eigenvalue weighted by Gasteiger charge is -2.07. The summed E-state index contributed by atoms with van der Waals surface area (Å²) in [6, 6.07) is 0. The highest BCUT2D eigenvalue weighted by Crippen LogP contribution is 2.24. The van der Waals surface area contributed by atoms with E-state index in [1.807, 2.05) is 0 Å². The van der Waals surface area contributed by atoms with Crippen molar-refractivity contribution in [2.24, 2.45) is 5.92 Å². The minimum absolute atomic E-state index is 0.618. The fourth-order valence-electron chi connectivity index (χ4n) is 2.88. The van der Waals surface area contributed by atoms with Gasteiger partial charge in [-0.05, 0) is 12.3 Å². The number of unbranched alkanes of at least 4 members (excludes halogenated alkanes) is 11. The van der Waals surface area contributed by atoms with E-state index in [2.05, 4.69) is 13.8 Å². The summed E-state index contributed by atoms with van der Waals surface area (Å²) in [5.41, 5.74) is 0. The summed E-state index contributed by atoms with van der Waals surface area (Å²) in [7, 11) is 0. The Balaban J connectivity index is 1.67. The van der Waals surface area contributed by atoms with Crippen LogP contribution >= 0.6 is 0 Å². The van der Waals surface area contributed by atoms with Crippen LogP contribution in [0.15, 0.2) is 0 Å². The van der Waals surface area contributed by atoms with Crippen molar-refractivity contribution < 1.29 is 4.74 Å². The third-order valence-corrected chi connectivity index (χ3v) is 4.51. The van der Waals surface area contributed by atoms with Gasteiger partial charge in [0.15, 0.2) is 0 Å². The van der Waals surface area contributed by atoms with Gasteiger partial charge in [-0.25, -0.2) is 0 Å². The lowest BCUT2D eigenvalue weighted by Crippen LogP contribution is -2.02. The van der Waals surface area contributed by atoms with E-state index in [4.69, 9.17) is 4.74 Å². The first-order valence-electron chi connectivity index (χ1n) is 8.96. The zero-order valence-corrected chi connectivity index (χ0v) is 13.5. The molecule has 1 heteroatoms. The summed E-state index contributed by atoms with van der Waals surface area (Å²) in [5, 5.41) is 0. The Morgan fingerprint density at radius 2 is 1.21 bits per heavy atom. The molecule has 0 aromatic carbocycles. The van der Waals surface area contributed by atoms with Gasteiger partial charge in [0.25, 0.3) is 0 Å². The molecule has 0 saturated carbocycles. The van der Waals surface area contributed by atoms with E-state index in [0.29, 0.717) is 6.10 Å². The maximum Gasteiger partial charge on any atom is 0.0835 e. The van der Waals surface area contributed by atoms with Gasteiger partial charge in [0.2, 0.25) is 0 Å². The predicted molar refractivity (Wildman–Crippen MR) is 84.6 cm³/mol. The molecule has 0 N–H and O–H groups in total. The Morgan fingerprint density at radius 1 is 0.789 bits per heavy atom. The lowest BCUT2D eigenvalue weighted by atomic mass is 9.99. The maximum atomic E-state index is 5.33. The Labute approximate surface area is 121 Å². The molecule has 0 amide bonds. The van der Waals surface area contributed by atoms with Gasteiger partial charge in [0.1, 0.15) is 0 Å². The summed E-state index contributed by atoms with van der Waals surface area (Å²) in [4.78, 5) is 0. The molecule has 2 unspecified atom stereocenters. The van der Waals surface area contributed by atoms with Crippen LogP contribution in [-0.2, 0) is 4.74 Å².